The fourth-order valence-electron chi connectivity index (χ4n) is 8.82. The molecule has 2 unspecified atom stereocenters. The van der Waals surface area contributed by atoms with Crippen LogP contribution in [0.25, 0.3) is 41.6 Å². The summed E-state index contributed by atoms with van der Waals surface area (Å²) in [5, 5.41) is 6.67. The molecule has 0 saturated heterocycles. The van der Waals surface area contributed by atoms with E-state index in [2.05, 4.69) is 49.2 Å². The van der Waals surface area contributed by atoms with Crippen molar-refractivity contribution in [1.29, 1.82) is 0 Å². The first-order valence-electron chi connectivity index (χ1n) is 29.2. The van der Waals surface area contributed by atoms with Crippen molar-refractivity contribution in [3.63, 3.8) is 0 Å². The second-order valence-corrected chi connectivity index (χ2v) is 22.3. The number of nitrogens with zero attached hydrogens (tertiary/aromatic N) is 4. The van der Waals surface area contributed by atoms with E-state index in [-0.39, 0.29) is 54.7 Å². The van der Waals surface area contributed by atoms with E-state index in [0.717, 1.165) is 76.9 Å². The standard InChI is InChI=1S/C32H33F4N3O5S.C27H27F4N3O2S.C6H10O3/c1-4-12-37-17-20-7-9-23(39-18-20)27-16-24-29(45-27)26(11-13-38-24)44-25-10-8-19(15-22(25)33)14-21(32(34,35)36)28(30(40)42-5-2)31(41)43-6-3;1-3-10-32-15-18-5-7-20(34-16-18)24-14-21-26(37-24)23(9-11-33-21)36-22-8-6-17(12-19(22)28)13-25(35-4-2)27(29,30)31;1-3-9-6(8)4-5(2)7/h7-11,13,15-16,18,21,28,37H,4-6,12,14,17H2,1-3H3;5-9,11-12,14,16,25,32H,3-4,10,13,15H2,1-2H3;3-4H2,1-2H3. The minimum absolute atomic E-state index is 0.0896. The fourth-order valence-corrected chi connectivity index (χ4v) is 10.9. The van der Waals surface area contributed by atoms with Crippen LogP contribution in [-0.2, 0) is 64.1 Å². The summed E-state index contributed by atoms with van der Waals surface area (Å²) in [7, 11) is 0. The van der Waals surface area contributed by atoms with Crippen LogP contribution in [-0.4, -0.2) is 102 Å². The number of nitrogens with one attached hydrogen (secondary N) is 2. The van der Waals surface area contributed by atoms with Crippen molar-refractivity contribution < 1.29 is 82.7 Å². The van der Waals surface area contributed by atoms with Crippen molar-refractivity contribution in [1.82, 2.24) is 30.6 Å². The highest BCUT2D eigenvalue weighted by Crippen LogP contribution is 2.42. The van der Waals surface area contributed by atoms with Crippen molar-refractivity contribution in [2.24, 2.45) is 11.8 Å². The summed E-state index contributed by atoms with van der Waals surface area (Å²) in [4.78, 5) is 65.0. The number of pyridine rings is 4. The number of ketones is 1. The molecule has 0 aliphatic carbocycles. The Kier molecular flexibility index (Phi) is 27.7. The third kappa shape index (κ3) is 21.5. The Morgan fingerprint density at radius 3 is 1.35 bits per heavy atom. The topological polar surface area (TPSA) is 199 Å². The molecule has 6 aromatic heterocycles. The lowest BCUT2D eigenvalue weighted by molar-refractivity contribution is -0.218. The lowest BCUT2D eigenvalue weighted by Gasteiger charge is -2.26. The number of halogens is 8. The van der Waals surface area contributed by atoms with Gasteiger partial charge in [-0.1, -0.05) is 38.1 Å². The van der Waals surface area contributed by atoms with Crippen molar-refractivity contribution in [2.45, 2.75) is 112 Å². The van der Waals surface area contributed by atoms with E-state index in [1.807, 2.05) is 42.6 Å². The van der Waals surface area contributed by atoms with Crippen LogP contribution in [0.15, 0.2) is 110 Å². The molecule has 16 nitrogen and oxygen atoms in total. The molecule has 2 atom stereocenters. The van der Waals surface area contributed by atoms with Crippen LogP contribution in [0.2, 0.25) is 0 Å². The van der Waals surface area contributed by atoms with E-state index in [0.29, 0.717) is 45.1 Å². The molecule has 0 aliphatic rings. The Morgan fingerprint density at radius 2 is 0.978 bits per heavy atom. The van der Waals surface area contributed by atoms with Gasteiger partial charge in [0.05, 0.1) is 67.3 Å². The van der Waals surface area contributed by atoms with E-state index in [1.54, 1.807) is 31.5 Å². The van der Waals surface area contributed by atoms with E-state index in [4.69, 9.17) is 23.7 Å². The smallest absolute Gasteiger partial charge is 0.414 e. The summed E-state index contributed by atoms with van der Waals surface area (Å²) in [6.07, 6.45) is -4.18. The molecule has 8 rings (SSSR count). The van der Waals surface area contributed by atoms with Gasteiger partial charge < -0.3 is 39.1 Å². The number of fused-ring (bicyclic) bond motifs is 2. The van der Waals surface area contributed by atoms with E-state index >= 15 is 4.39 Å². The van der Waals surface area contributed by atoms with Gasteiger partial charge >= 0.3 is 30.3 Å². The molecule has 91 heavy (non-hydrogen) atoms. The van der Waals surface area contributed by atoms with Crippen LogP contribution >= 0.6 is 22.7 Å². The second kappa shape index (κ2) is 35.0. The number of benzene rings is 2. The lowest BCUT2D eigenvalue weighted by atomic mass is 9.86. The third-order valence-corrected chi connectivity index (χ3v) is 15.4. The van der Waals surface area contributed by atoms with Gasteiger partial charge in [-0.15, -0.1) is 22.7 Å². The summed E-state index contributed by atoms with van der Waals surface area (Å²) >= 11 is 2.78. The first-order valence-corrected chi connectivity index (χ1v) is 30.9. The molecule has 0 saturated carbocycles. The highest BCUT2D eigenvalue weighted by atomic mass is 32.1. The predicted molar refractivity (Wildman–Crippen MR) is 330 cm³/mol. The lowest BCUT2D eigenvalue weighted by Crippen LogP contribution is -2.42. The van der Waals surface area contributed by atoms with Gasteiger partial charge in [0.1, 0.15) is 23.7 Å². The number of esters is 3. The van der Waals surface area contributed by atoms with Crippen LogP contribution < -0.4 is 20.1 Å². The number of aromatic nitrogens is 4. The molecular formula is C65H70F8N6O10S2. The first kappa shape index (κ1) is 72.0. The summed E-state index contributed by atoms with van der Waals surface area (Å²) in [6.45, 7) is 14.7. The average Bonchev–Trinajstić information content (AvgIpc) is 1.81. The maximum atomic E-state index is 15.2. The van der Waals surface area contributed by atoms with Gasteiger partial charge in [-0.3, -0.25) is 39.1 Å². The van der Waals surface area contributed by atoms with Gasteiger partial charge in [0.25, 0.3) is 0 Å². The number of alkyl halides is 6. The number of ether oxygens (including phenoxy) is 6. The molecule has 0 fully saturated rings. The Balaban J connectivity index is 0.000000258. The second-order valence-electron chi connectivity index (χ2n) is 20.2. The van der Waals surface area contributed by atoms with Crippen molar-refractivity contribution in [2.75, 3.05) is 39.5 Å². The monoisotopic (exact) mass is 1310 g/mol. The largest absolute Gasteiger partial charge is 0.466 e. The minimum atomic E-state index is -4.99. The number of carbonyl (C=O) groups is 4. The molecule has 0 radical (unpaired) electrons. The van der Waals surface area contributed by atoms with Crippen molar-refractivity contribution in [3.8, 4) is 44.1 Å². The molecule has 2 aromatic carbocycles. The van der Waals surface area contributed by atoms with Gasteiger partial charge in [-0.25, -0.2) is 8.78 Å². The quantitative estimate of drug-likeness (QED) is 0.0154. The van der Waals surface area contributed by atoms with Crippen molar-refractivity contribution in [3.05, 3.63) is 144 Å². The SMILES string of the molecule is CCCNCc1ccc(-c2cc3nccc(Oc4ccc(CC(C(C(=O)OCC)C(=O)OCC)C(F)(F)F)cc4F)c3s2)nc1.CCCNCc1ccc(-c2cc3nccc(Oc4ccc(CC(OCC)C(F)(F)F)cc4F)c3s2)nc1.CCOC(=O)CC(C)=O. The van der Waals surface area contributed by atoms with Gasteiger partial charge in [0.15, 0.2) is 35.2 Å². The number of hydrogen-bond donors (Lipinski definition) is 2. The summed E-state index contributed by atoms with van der Waals surface area (Å²) in [6, 6.07) is 21.9. The van der Waals surface area contributed by atoms with Gasteiger partial charge in [-0.2, -0.15) is 26.3 Å². The molecular weight excluding hydrogens is 1240 g/mol. The third-order valence-electron chi connectivity index (χ3n) is 13.1. The molecule has 8 aromatic rings. The molecule has 6 heterocycles. The maximum Gasteiger partial charge on any atom is 0.414 e. The Bertz CT molecular complexity index is 3640. The molecule has 26 heteroatoms. The Hall–Kier alpha value is -8.04. The molecule has 0 aliphatic heterocycles. The number of Topliss-reactive ketones (excluding diaryl/α,β-unsaturated/α-hetero) is 1. The normalized spacial score (nSPS) is 12.1. The van der Waals surface area contributed by atoms with Crippen LogP contribution in [0.1, 0.15) is 90.0 Å². The molecule has 0 spiro atoms. The number of thiophene rings is 2. The minimum Gasteiger partial charge on any atom is -0.466 e. The number of hydrogen-bond acceptors (Lipinski definition) is 18. The van der Waals surface area contributed by atoms with Gasteiger partial charge in [0.2, 0.25) is 0 Å². The molecule has 0 amide bonds. The molecule has 2 N–H and O–H groups in total. The zero-order valence-electron chi connectivity index (χ0n) is 51.0. The van der Waals surface area contributed by atoms with E-state index < -0.39 is 72.7 Å². The predicted octanol–water partition coefficient (Wildman–Crippen LogP) is 15.1. The van der Waals surface area contributed by atoms with E-state index in [9.17, 15) is 49.9 Å². The van der Waals surface area contributed by atoms with Crippen LogP contribution in [0.5, 0.6) is 23.0 Å². The molecule has 488 valence electrons. The van der Waals surface area contributed by atoms with E-state index in [1.165, 1.54) is 80.8 Å². The van der Waals surface area contributed by atoms with Crippen LogP contribution in [0, 0.1) is 23.5 Å². The Labute approximate surface area is 529 Å². The van der Waals surface area contributed by atoms with Crippen molar-refractivity contribution >= 4 is 66.8 Å². The molecule has 0 bridgehead atoms. The summed E-state index contributed by atoms with van der Waals surface area (Å²) < 4.78 is 144. The zero-order valence-corrected chi connectivity index (χ0v) is 52.7. The first-order chi connectivity index (χ1) is 43.5. The van der Waals surface area contributed by atoms with Gasteiger partial charge in [0, 0.05) is 63.0 Å². The fraction of sp³-hybridized carbons (Fsp3) is 0.385. The highest BCUT2D eigenvalue weighted by Gasteiger charge is 2.52. The average molecular weight is 1310 g/mol. The van der Waals surface area contributed by atoms with Crippen LogP contribution in [0.3, 0.4) is 0 Å². The maximum absolute atomic E-state index is 15.2. The van der Waals surface area contributed by atoms with Crippen LogP contribution in [0.4, 0.5) is 35.1 Å². The number of rotatable bonds is 28. The zero-order chi connectivity index (χ0) is 66.3. The summed E-state index contributed by atoms with van der Waals surface area (Å²) in [5.41, 5.74) is 5.01. The number of carbonyl (C=O) groups excluding carboxylic acids is 4. The van der Waals surface area contributed by atoms with Gasteiger partial charge in [-0.05, 0) is 138 Å². The Morgan fingerprint density at radius 1 is 0.527 bits per heavy atom. The summed E-state index contributed by atoms with van der Waals surface area (Å²) in [5.74, 6) is -9.36. The highest BCUT2D eigenvalue weighted by molar-refractivity contribution is 7.23.